The first kappa shape index (κ1) is 12.3. The summed E-state index contributed by atoms with van der Waals surface area (Å²) in [6.45, 7) is 2.73. The Morgan fingerprint density at radius 2 is 2.14 bits per heavy atom. The van der Waals surface area contributed by atoms with Gasteiger partial charge in [0.25, 0.3) is 0 Å². The molecule has 104 valence electrons. The molecule has 0 amide bonds. The van der Waals surface area contributed by atoms with Crippen LogP contribution in [0.15, 0.2) is 53.3 Å². The van der Waals surface area contributed by atoms with E-state index < -0.39 is 0 Å². The highest BCUT2D eigenvalue weighted by molar-refractivity contribution is 7.15. The number of nitrogens with zero attached hydrogens (tertiary/aromatic N) is 3. The Labute approximate surface area is 125 Å². The predicted octanol–water partition coefficient (Wildman–Crippen LogP) is 4.11. The SMILES string of the molecule is Cc1ccc(-c2nc3cccnc3n2Cc2ccco2)s1. The fourth-order valence-electron chi connectivity index (χ4n) is 2.41. The standard InChI is InChI=1S/C16H13N3OS/c1-11-6-7-14(21-11)16-18-13-5-2-8-17-15(13)19(16)10-12-4-3-9-20-12/h2-9H,10H2,1H3. The summed E-state index contributed by atoms with van der Waals surface area (Å²) in [6.07, 6.45) is 3.49. The number of aromatic nitrogens is 3. The summed E-state index contributed by atoms with van der Waals surface area (Å²) in [5, 5.41) is 0. The Morgan fingerprint density at radius 1 is 1.19 bits per heavy atom. The number of hydrogen-bond acceptors (Lipinski definition) is 4. The number of hydrogen-bond donors (Lipinski definition) is 0. The lowest BCUT2D eigenvalue weighted by molar-refractivity contribution is 0.497. The van der Waals surface area contributed by atoms with Gasteiger partial charge >= 0.3 is 0 Å². The van der Waals surface area contributed by atoms with E-state index >= 15 is 0 Å². The Balaban J connectivity index is 1.92. The lowest BCUT2D eigenvalue weighted by Gasteiger charge is -2.05. The average molecular weight is 295 g/mol. The van der Waals surface area contributed by atoms with Crippen LogP contribution in [0, 0.1) is 6.92 Å². The largest absolute Gasteiger partial charge is 0.467 e. The maximum atomic E-state index is 5.48. The first-order valence-corrected chi connectivity index (χ1v) is 7.53. The molecule has 4 nitrogen and oxygen atoms in total. The van der Waals surface area contributed by atoms with E-state index in [0.717, 1.165) is 27.6 Å². The van der Waals surface area contributed by atoms with Gasteiger partial charge in [0.1, 0.15) is 11.3 Å². The summed E-state index contributed by atoms with van der Waals surface area (Å²) in [6, 6.07) is 12.0. The Bertz CT molecular complexity index is 889. The molecule has 4 aromatic heterocycles. The van der Waals surface area contributed by atoms with Crippen LogP contribution in [0.1, 0.15) is 10.6 Å². The quantitative estimate of drug-likeness (QED) is 0.571. The number of rotatable bonds is 3. The van der Waals surface area contributed by atoms with Crippen molar-refractivity contribution >= 4 is 22.5 Å². The highest BCUT2D eigenvalue weighted by Gasteiger charge is 2.15. The van der Waals surface area contributed by atoms with E-state index in [1.165, 1.54) is 4.88 Å². The monoisotopic (exact) mass is 295 g/mol. The summed E-state index contributed by atoms with van der Waals surface area (Å²) >= 11 is 1.74. The molecule has 0 aliphatic heterocycles. The van der Waals surface area contributed by atoms with Gasteiger partial charge in [-0.05, 0) is 43.3 Å². The number of aryl methyl sites for hydroxylation is 1. The third kappa shape index (κ3) is 2.15. The normalized spacial score (nSPS) is 11.3. The molecule has 0 saturated heterocycles. The molecule has 0 aromatic carbocycles. The van der Waals surface area contributed by atoms with Crippen molar-refractivity contribution in [1.82, 2.24) is 14.5 Å². The van der Waals surface area contributed by atoms with Crippen molar-refractivity contribution < 1.29 is 4.42 Å². The topological polar surface area (TPSA) is 43.9 Å². The van der Waals surface area contributed by atoms with Crippen LogP contribution in [0.2, 0.25) is 0 Å². The maximum absolute atomic E-state index is 5.48. The molecule has 4 heterocycles. The van der Waals surface area contributed by atoms with E-state index in [9.17, 15) is 0 Å². The highest BCUT2D eigenvalue weighted by atomic mass is 32.1. The summed E-state index contributed by atoms with van der Waals surface area (Å²) in [5.41, 5.74) is 1.79. The first-order chi connectivity index (χ1) is 10.3. The molecule has 0 atom stereocenters. The number of imidazole rings is 1. The molecule has 4 rings (SSSR count). The van der Waals surface area contributed by atoms with Crippen LogP contribution in [0.25, 0.3) is 21.9 Å². The smallest absolute Gasteiger partial charge is 0.160 e. The van der Waals surface area contributed by atoms with E-state index in [-0.39, 0.29) is 0 Å². The third-order valence-electron chi connectivity index (χ3n) is 3.36. The van der Waals surface area contributed by atoms with Gasteiger partial charge in [-0.1, -0.05) is 0 Å². The molecular weight excluding hydrogens is 282 g/mol. The Hall–Kier alpha value is -2.40. The van der Waals surface area contributed by atoms with E-state index in [0.29, 0.717) is 6.54 Å². The summed E-state index contributed by atoms with van der Waals surface area (Å²) in [4.78, 5) is 11.6. The van der Waals surface area contributed by atoms with Crippen molar-refractivity contribution in [2.75, 3.05) is 0 Å². The molecule has 4 aromatic rings. The van der Waals surface area contributed by atoms with Crippen molar-refractivity contribution in [3.8, 4) is 10.7 Å². The van der Waals surface area contributed by atoms with Gasteiger partial charge in [-0.15, -0.1) is 11.3 Å². The van der Waals surface area contributed by atoms with Gasteiger partial charge in [0.2, 0.25) is 0 Å². The third-order valence-corrected chi connectivity index (χ3v) is 4.36. The lowest BCUT2D eigenvalue weighted by Crippen LogP contribution is -2.01. The lowest BCUT2D eigenvalue weighted by atomic mass is 10.4. The number of furan rings is 1. The zero-order valence-corrected chi connectivity index (χ0v) is 12.3. The number of fused-ring (bicyclic) bond motifs is 1. The fourth-order valence-corrected chi connectivity index (χ4v) is 3.28. The fraction of sp³-hybridized carbons (Fsp3) is 0.125. The second-order valence-electron chi connectivity index (χ2n) is 4.86. The molecule has 0 fully saturated rings. The molecule has 0 spiro atoms. The van der Waals surface area contributed by atoms with Crippen molar-refractivity contribution in [3.63, 3.8) is 0 Å². The molecule has 0 aliphatic rings. The van der Waals surface area contributed by atoms with Crippen LogP contribution in [0.5, 0.6) is 0 Å². The minimum absolute atomic E-state index is 0.632. The van der Waals surface area contributed by atoms with Crippen molar-refractivity contribution in [1.29, 1.82) is 0 Å². The van der Waals surface area contributed by atoms with E-state index in [2.05, 4.69) is 28.6 Å². The van der Waals surface area contributed by atoms with Crippen LogP contribution in [0.3, 0.4) is 0 Å². The average Bonchev–Trinajstić information content (AvgIpc) is 3.20. The number of pyridine rings is 1. The summed E-state index contributed by atoms with van der Waals surface area (Å²) in [5.74, 6) is 1.84. The number of thiophene rings is 1. The van der Waals surface area contributed by atoms with Gasteiger partial charge in [-0.3, -0.25) is 0 Å². The second kappa shape index (κ2) is 4.86. The maximum Gasteiger partial charge on any atom is 0.160 e. The van der Waals surface area contributed by atoms with E-state index in [4.69, 9.17) is 9.40 Å². The van der Waals surface area contributed by atoms with Crippen LogP contribution in [-0.4, -0.2) is 14.5 Å². The molecule has 0 N–H and O–H groups in total. The Morgan fingerprint density at radius 3 is 2.90 bits per heavy atom. The van der Waals surface area contributed by atoms with Crippen LogP contribution >= 0.6 is 11.3 Å². The van der Waals surface area contributed by atoms with Gasteiger partial charge in [0, 0.05) is 11.1 Å². The molecule has 5 heteroatoms. The van der Waals surface area contributed by atoms with Crippen molar-refractivity contribution in [2.24, 2.45) is 0 Å². The van der Waals surface area contributed by atoms with Gasteiger partial charge in [-0.2, -0.15) is 0 Å². The van der Waals surface area contributed by atoms with Crippen molar-refractivity contribution in [3.05, 3.63) is 59.5 Å². The Kier molecular flexibility index (Phi) is 2.86. The minimum Gasteiger partial charge on any atom is -0.467 e. The molecular formula is C16H13N3OS. The minimum atomic E-state index is 0.632. The second-order valence-corrected chi connectivity index (χ2v) is 6.15. The molecule has 0 saturated carbocycles. The molecule has 0 radical (unpaired) electrons. The van der Waals surface area contributed by atoms with Crippen molar-refractivity contribution in [2.45, 2.75) is 13.5 Å². The molecule has 0 aliphatic carbocycles. The van der Waals surface area contributed by atoms with E-state index in [1.807, 2.05) is 24.3 Å². The van der Waals surface area contributed by atoms with Gasteiger partial charge in [-0.25, -0.2) is 9.97 Å². The molecule has 21 heavy (non-hydrogen) atoms. The van der Waals surface area contributed by atoms with E-state index in [1.54, 1.807) is 23.8 Å². The zero-order chi connectivity index (χ0) is 14.2. The predicted molar refractivity (Wildman–Crippen MR) is 83.4 cm³/mol. The molecule has 0 bridgehead atoms. The van der Waals surface area contributed by atoms with Crippen LogP contribution in [0.4, 0.5) is 0 Å². The highest BCUT2D eigenvalue weighted by Crippen LogP contribution is 2.30. The summed E-state index contributed by atoms with van der Waals surface area (Å²) in [7, 11) is 0. The first-order valence-electron chi connectivity index (χ1n) is 6.72. The van der Waals surface area contributed by atoms with Crippen LogP contribution < -0.4 is 0 Å². The summed E-state index contributed by atoms with van der Waals surface area (Å²) < 4.78 is 7.59. The van der Waals surface area contributed by atoms with Gasteiger partial charge in [0.15, 0.2) is 11.5 Å². The van der Waals surface area contributed by atoms with Crippen LogP contribution in [-0.2, 0) is 6.54 Å². The zero-order valence-electron chi connectivity index (χ0n) is 11.5. The van der Waals surface area contributed by atoms with Gasteiger partial charge < -0.3 is 8.98 Å². The van der Waals surface area contributed by atoms with Gasteiger partial charge in [0.05, 0.1) is 17.7 Å². The molecule has 0 unspecified atom stereocenters.